The number of nitrogens with zero attached hydrogens (tertiary/aromatic N) is 1. The molecule has 0 saturated carbocycles. The third-order valence-electron chi connectivity index (χ3n) is 4.57. The summed E-state index contributed by atoms with van der Waals surface area (Å²) in [5.41, 5.74) is 7.59. The van der Waals surface area contributed by atoms with Crippen molar-refractivity contribution in [1.29, 1.82) is 0 Å². The van der Waals surface area contributed by atoms with Crippen molar-refractivity contribution >= 4 is 17.1 Å². The van der Waals surface area contributed by atoms with E-state index in [0.717, 1.165) is 6.42 Å². The topological polar surface area (TPSA) is 3.24 Å². The van der Waals surface area contributed by atoms with Crippen LogP contribution in [0.2, 0.25) is 0 Å². The van der Waals surface area contributed by atoms with Crippen molar-refractivity contribution in [3.05, 3.63) is 89.5 Å². The molecule has 0 radical (unpaired) electrons. The zero-order valence-corrected chi connectivity index (χ0v) is 15.5. The minimum atomic E-state index is 1.14. The second kappa shape index (κ2) is 8.02. The Morgan fingerprint density at radius 2 is 1.24 bits per heavy atom. The van der Waals surface area contributed by atoms with Gasteiger partial charge in [0.1, 0.15) is 0 Å². The Bertz CT molecular complexity index is 755. The van der Waals surface area contributed by atoms with Crippen molar-refractivity contribution in [3.8, 4) is 0 Å². The van der Waals surface area contributed by atoms with E-state index in [9.17, 15) is 0 Å². The van der Waals surface area contributed by atoms with Crippen LogP contribution in [0.4, 0.5) is 17.1 Å². The number of hydrogen-bond donors (Lipinski definition) is 0. The quantitative estimate of drug-likeness (QED) is 0.465. The average Bonchev–Trinajstić information content (AvgIpc) is 2.64. The van der Waals surface area contributed by atoms with Crippen molar-refractivity contribution in [2.24, 2.45) is 0 Å². The Hall–Kier alpha value is -2.54. The molecule has 0 atom stereocenters. The van der Waals surface area contributed by atoms with Gasteiger partial charge < -0.3 is 4.90 Å². The Morgan fingerprint density at radius 1 is 0.680 bits per heavy atom. The summed E-state index contributed by atoms with van der Waals surface area (Å²) in [7, 11) is 0. The third kappa shape index (κ3) is 4.30. The Morgan fingerprint density at radius 3 is 1.76 bits per heavy atom. The zero-order chi connectivity index (χ0) is 17.6. The molecule has 3 aromatic carbocycles. The highest BCUT2D eigenvalue weighted by Crippen LogP contribution is 2.35. The molecule has 3 rings (SSSR count). The van der Waals surface area contributed by atoms with E-state index in [2.05, 4.69) is 98.5 Å². The molecule has 0 bridgehead atoms. The molecular weight excluding hydrogens is 302 g/mol. The first-order valence-corrected chi connectivity index (χ1v) is 9.20. The Balaban J connectivity index is 2.04. The first-order valence-electron chi connectivity index (χ1n) is 9.20. The molecule has 0 spiro atoms. The van der Waals surface area contributed by atoms with Crippen molar-refractivity contribution in [1.82, 2.24) is 0 Å². The summed E-state index contributed by atoms with van der Waals surface area (Å²) in [6, 6.07) is 26.5. The van der Waals surface area contributed by atoms with E-state index in [4.69, 9.17) is 0 Å². The summed E-state index contributed by atoms with van der Waals surface area (Å²) in [5.74, 6) is 0. The van der Waals surface area contributed by atoms with Crippen LogP contribution in [0.5, 0.6) is 0 Å². The molecule has 0 fully saturated rings. The van der Waals surface area contributed by atoms with Crippen LogP contribution < -0.4 is 4.90 Å². The number of unbranched alkanes of at least 4 members (excludes halogenated alkanes) is 1. The van der Waals surface area contributed by atoms with E-state index in [0.29, 0.717) is 0 Å². The fraction of sp³-hybridized carbons (Fsp3) is 0.250. The molecule has 0 unspecified atom stereocenters. The first kappa shape index (κ1) is 17.3. The normalized spacial score (nSPS) is 10.7. The monoisotopic (exact) mass is 329 g/mol. The van der Waals surface area contributed by atoms with Crippen LogP contribution in [-0.4, -0.2) is 0 Å². The maximum Gasteiger partial charge on any atom is 0.0464 e. The van der Waals surface area contributed by atoms with Gasteiger partial charge in [0.2, 0.25) is 0 Å². The number of anilines is 3. The van der Waals surface area contributed by atoms with Gasteiger partial charge in [-0.3, -0.25) is 0 Å². The van der Waals surface area contributed by atoms with Crippen LogP contribution in [0.1, 0.15) is 36.5 Å². The predicted molar refractivity (Wildman–Crippen MR) is 109 cm³/mol. The minimum Gasteiger partial charge on any atom is -0.310 e. The molecule has 0 aromatic heterocycles. The highest BCUT2D eigenvalue weighted by Gasteiger charge is 2.12. The SMILES string of the molecule is CCCCc1cccc(N(c2ccc(C)cc2)c2ccc(C)cc2)c1. The maximum absolute atomic E-state index is 2.34. The molecule has 3 aromatic rings. The van der Waals surface area contributed by atoms with Gasteiger partial charge in [-0.1, -0.05) is 60.9 Å². The Kier molecular flexibility index (Phi) is 5.55. The van der Waals surface area contributed by atoms with Gasteiger partial charge in [-0.25, -0.2) is 0 Å². The van der Waals surface area contributed by atoms with E-state index in [-0.39, 0.29) is 0 Å². The molecule has 25 heavy (non-hydrogen) atoms. The van der Waals surface area contributed by atoms with E-state index in [1.807, 2.05) is 0 Å². The van der Waals surface area contributed by atoms with E-state index >= 15 is 0 Å². The van der Waals surface area contributed by atoms with Gasteiger partial charge in [0.15, 0.2) is 0 Å². The molecule has 128 valence electrons. The summed E-state index contributed by atoms with van der Waals surface area (Å²) < 4.78 is 0. The second-order valence-corrected chi connectivity index (χ2v) is 6.78. The van der Waals surface area contributed by atoms with Gasteiger partial charge in [0.25, 0.3) is 0 Å². The molecule has 0 aliphatic rings. The fourth-order valence-electron chi connectivity index (χ4n) is 3.07. The van der Waals surface area contributed by atoms with E-state index < -0.39 is 0 Å². The highest BCUT2D eigenvalue weighted by atomic mass is 15.1. The second-order valence-electron chi connectivity index (χ2n) is 6.78. The summed E-state index contributed by atoms with van der Waals surface area (Å²) in [4.78, 5) is 2.34. The standard InChI is InChI=1S/C24H27N/c1-4-5-7-21-8-6-9-24(18-21)25(22-14-10-19(2)11-15-22)23-16-12-20(3)13-17-23/h6,8-18H,4-5,7H2,1-3H3. The Labute approximate surface area is 151 Å². The minimum absolute atomic E-state index is 1.14. The van der Waals surface area contributed by atoms with Crippen LogP contribution >= 0.6 is 0 Å². The van der Waals surface area contributed by atoms with Crippen molar-refractivity contribution in [2.75, 3.05) is 4.90 Å². The van der Waals surface area contributed by atoms with Crippen LogP contribution in [-0.2, 0) is 6.42 Å². The molecule has 0 amide bonds. The maximum atomic E-state index is 2.34. The van der Waals surface area contributed by atoms with Crippen molar-refractivity contribution in [2.45, 2.75) is 40.0 Å². The fourth-order valence-corrected chi connectivity index (χ4v) is 3.07. The smallest absolute Gasteiger partial charge is 0.0464 e. The summed E-state index contributed by atoms with van der Waals surface area (Å²) in [5, 5.41) is 0. The molecule has 0 heterocycles. The zero-order valence-electron chi connectivity index (χ0n) is 15.5. The van der Waals surface area contributed by atoms with Crippen molar-refractivity contribution < 1.29 is 0 Å². The molecule has 0 aliphatic heterocycles. The number of aryl methyl sites for hydroxylation is 3. The summed E-state index contributed by atoms with van der Waals surface area (Å²) in [6.07, 6.45) is 3.60. The average molecular weight is 329 g/mol. The first-order chi connectivity index (χ1) is 12.2. The summed E-state index contributed by atoms with van der Waals surface area (Å²) >= 11 is 0. The van der Waals surface area contributed by atoms with Gasteiger partial charge >= 0.3 is 0 Å². The van der Waals surface area contributed by atoms with Crippen LogP contribution in [0.25, 0.3) is 0 Å². The molecule has 1 nitrogen and oxygen atoms in total. The van der Waals surface area contributed by atoms with Gasteiger partial charge in [-0.2, -0.15) is 0 Å². The molecule has 0 N–H and O–H groups in total. The van der Waals surface area contributed by atoms with Crippen LogP contribution in [0, 0.1) is 13.8 Å². The van der Waals surface area contributed by atoms with Gasteiger partial charge in [-0.05, 0) is 68.7 Å². The number of rotatable bonds is 6. The number of hydrogen-bond acceptors (Lipinski definition) is 1. The lowest BCUT2D eigenvalue weighted by Crippen LogP contribution is -2.10. The predicted octanol–water partition coefficient (Wildman–Crippen LogP) is 7.12. The van der Waals surface area contributed by atoms with Gasteiger partial charge in [0, 0.05) is 17.1 Å². The molecular formula is C24H27N. The largest absolute Gasteiger partial charge is 0.310 e. The lowest BCUT2D eigenvalue weighted by Gasteiger charge is -2.26. The molecule has 0 saturated heterocycles. The molecule has 0 aliphatic carbocycles. The van der Waals surface area contributed by atoms with Crippen molar-refractivity contribution in [3.63, 3.8) is 0 Å². The van der Waals surface area contributed by atoms with E-state index in [1.165, 1.54) is 46.6 Å². The number of benzene rings is 3. The lowest BCUT2D eigenvalue weighted by atomic mass is 10.1. The highest BCUT2D eigenvalue weighted by molar-refractivity contribution is 5.76. The lowest BCUT2D eigenvalue weighted by molar-refractivity contribution is 0.795. The van der Waals surface area contributed by atoms with Gasteiger partial charge in [-0.15, -0.1) is 0 Å². The van der Waals surface area contributed by atoms with E-state index in [1.54, 1.807) is 0 Å². The van der Waals surface area contributed by atoms with Gasteiger partial charge in [0.05, 0.1) is 0 Å². The van der Waals surface area contributed by atoms with Crippen LogP contribution in [0.15, 0.2) is 72.8 Å². The van der Waals surface area contributed by atoms with Crippen LogP contribution in [0.3, 0.4) is 0 Å². The molecule has 1 heteroatoms. The third-order valence-corrected chi connectivity index (χ3v) is 4.57. The summed E-state index contributed by atoms with van der Waals surface area (Å²) in [6.45, 7) is 6.51.